The molecule has 1 aliphatic rings. The second-order valence-electron chi connectivity index (χ2n) is 5.60. The zero-order chi connectivity index (χ0) is 15.9. The van der Waals surface area contributed by atoms with Gasteiger partial charge in [-0.2, -0.15) is 0 Å². The maximum atomic E-state index is 12.1. The van der Waals surface area contributed by atoms with Crippen molar-refractivity contribution < 1.29 is 14.3 Å². The molecule has 1 aromatic carbocycles. The van der Waals surface area contributed by atoms with Crippen LogP contribution in [0.3, 0.4) is 0 Å². The standard InChI is InChI=1S/C18H25NO3/c1-4-22-16-10-9-15(12-17(16)21-3)13(2)19-18(20)11-14-7-5-6-8-14/h5,7,9-10,12-14H,4,6,8,11H2,1-3H3,(H,19,20)/t13-,14-/m1/s1. The summed E-state index contributed by atoms with van der Waals surface area (Å²) in [5.74, 6) is 1.90. The van der Waals surface area contributed by atoms with Crippen molar-refractivity contribution in [1.82, 2.24) is 5.32 Å². The monoisotopic (exact) mass is 303 g/mol. The number of hydrogen-bond donors (Lipinski definition) is 1. The van der Waals surface area contributed by atoms with Crippen molar-refractivity contribution in [2.45, 2.75) is 39.2 Å². The minimum Gasteiger partial charge on any atom is -0.493 e. The van der Waals surface area contributed by atoms with Crippen LogP contribution in [0.2, 0.25) is 0 Å². The van der Waals surface area contributed by atoms with Crippen LogP contribution in [0.25, 0.3) is 0 Å². The Bertz CT molecular complexity index is 539. The predicted molar refractivity (Wildman–Crippen MR) is 87.2 cm³/mol. The number of amides is 1. The number of carbonyl (C=O) groups excluding carboxylic acids is 1. The van der Waals surface area contributed by atoms with E-state index in [9.17, 15) is 4.79 Å². The molecule has 120 valence electrons. The predicted octanol–water partition coefficient (Wildman–Crippen LogP) is 3.63. The van der Waals surface area contributed by atoms with Crippen LogP contribution >= 0.6 is 0 Å². The first kappa shape index (κ1) is 16.4. The molecule has 0 spiro atoms. The van der Waals surface area contributed by atoms with E-state index in [2.05, 4.69) is 17.5 Å². The highest BCUT2D eigenvalue weighted by atomic mass is 16.5. The van der Waals surface area contributed by atoms with Gasteiger partial charge in [0.25, 0.3) is 0 Å². The van der Waals surface area contributed by atoms with Gasteiger partial charge >= 0.3 is 0 Å². The zero-order valence-corrected chi connectivity index (χ0v) is 13.6. The third-order valence-corrected chi connectivity index (χ3v) is 3.92. The van der Waals surface area contributed by atoms with Crippen molar-refractivity contribution in [3.8, 4) is 11.5 Å². The Kier molecular flexibility index (Phi) is 5.87. The van der Waals surface area contributed by atoms with E-state index in [1.165, 1.54) is 0 Å². The summed E-state index contributed by atoms with van der Waals surface area (Å²) in [5, 5.41) is 3.06. The quantitative estimate of drug-likeness (QED) is 0.783. The van der Waals surface area contributed by atoms with E-state index in [0.717, 1.165) is 24.2 Å². The molecule has 2 rings (SSSR count). The maximum Gasteiger partial charge on any atom is 0.221 e. The van der Waals surface area contributed by atoms with Crippen LogP contribution in [-0.2, 0) is 4.79 Å². The van der Waals surface area contributed by atoms with E-state index in [-0.39, 0.29) is 11.9 Å². The van der Waals surface area contributed by atoms with Crippen LogP contribution in [0.15, 0.2) is 30.4 Å². The van der Waals surface area contributed by atoms with Crippen LogP contribution < -0.4 is 14.8 Å². The third kappa shape index (κ3) is 4.26. The average molecular weight is 303 g/mol. The Morgan fingerprint density at radius 1 is 1.41 bits per heavy atom. The van der Waals surface area contributed by atoms with Gasteiger partial charge in [0.05, 0.1) is 19.8 Å². The van der Waals surface area contributed by atoms with Crippen molar-refractivity contribution in [3.05, 3.63) is 35.9 Å². The van der Waals surface area contributed by atoms with Gasteiger partial charge in [0.15, 0.2) is 11.5 Å². The molecule has 1 aliphatic carbocycles. The highest BCUT2D eigenvalue weighted by Gasteiger charge is 2.17. The fraction of sp³-hybridized carbons (Fsp3) is 0.500. The molecule has 2 atom stereocenters. The highest BCUT2D eigenvalue weighted by molar-refractivity contribution is 5.77. The first-order valence-corrected chi connectivity index (χ1v) is 7.90. The SMILES string of the molecule is CCOc1ccc([C@@H](C)NC(=O)C[C@@H]2C=CCC2)cc1OC. The molecule has 1 amide bonds. The summed E-state index contributed by atoms with van der Waals surface area (Å²) < 4.78 is 10.9. The Hall–Kier alpha value is -1.97. The minimum atomic E-state index is -0.0533. The lowest BCUT2D eigenvalue weighted by Crippen LogP contribution is -2.27. The molecule has 0 radical (unpaired) electrons. The van der Waals surface area contributed by atoms with Gasteiger partial charge < -0.3 is 14.8 Å². The largest absolute Gasteiger partial charge is 0.493 e. The maximum absolute atomic E-state index is 12.1. The summed E-state index contributed by atoms with van der Waals surface area (Å²) >= 11 is 0. The molecule has 1 aromatic rings. The van der Waals surface area contributed by atoms with Crippen LogP contribution in [0.4, 0.5) is 0 Å². The van der Waals surface area contributed by atoms with Gasteiger partial charge in [-0.15, -0.1) is 0 Å². The number of rotatable bonds is 7. The highest BCUT2D eigenvalue weighted by Crippen LogP contribution is 2.30. The summed E-state index contributed by atoms with van der Waals surface area (Å²) in [5.41, 5.74) is 1.01. The lowest BCUT2D eigenvalue weighted by Gasteiger charge is -2.18. The van der Waals surface area contributed by atoms with Gasteiger partial charge in [0.1, 0.15) is 0 Å². The van der Waals surface area contributed by atoms with Gasteiger partial charge in [0, 0.05) is 6.42 Å². The number of benzene rings is 1. The van der Waals surface area contributed by atoms with Gasteiger partial charge in [-0.1, -0.05) is 18.2 Å². The van der Waals surface area contributed by atoms with Crippen molar-refractivity contribution in [3.63, 3.8) is 0 Å². The molecule has 22 heavy (non-hydrogen) atoms. The van der Waals surface area contributed by atoms with Crippen molar-refractivity contribution in [2.24, 2.45) is 5.92 Å². The second kappa shape index (κ2) is 7.87. The summed E-state index contributed by atoms with van der Waals surface area (Å²) in [7, 11) is 1.62. The average Bonchev–Trinajstić information content (AvgIpc) is 3.00. The topological polar surface area (TPSA) is 47.6 Å². The first-order valence-electron chi connectivity index (χ1n) is 7.90. The van der Waals surface area contributed by atoms with Crippen molar-refractivity contribution in [2.75, 3.05) is 13.7 Å². The Morgan fingerprint density at radius 3 is 2.86 bits per heavy atom. The zero-order valence-electron chi connectivity index (χ0n) is 13.6. The number of methoxy groups -OCH3 is 1. The lowest BCUT2D eigenvalue weighted by atomic mass is 10.0. The molecular weight excluding hydrogens is 278 g/mol. The lowest BCUT2D eigenvalue weighted by molar-refractivity contribution is -0.122. The molecule has 4 heteroatoms. The van der Waals surface area contributed by atoms with Crippen LogP contribution in [-0.4, -0.2) is 19.6 Å². The molecule has 0 fully saturated rings. The molecule has 0 bridgehead atoms. The van der Waals surface area contributed by atoms with Gasteiger partial charge in [0.2, 0.25) is 5.91 Å². The van der Waals surface area contributed by atoms with E-state index >= 15 is 0 Å². The Morgan fingerprint density at radius 2 is 2.23 bits per heavy atom. The molecule has 0 saturated heterocycles. The van der Waals surface area contributed by atoms with Crippen LogP contribution in [0.5, 0.6) is 11.5 Å². The van der Waals surface area contributed by atoms with E-state index in [0.29, 0.717) is 24.7 Å². The van der Waals surface area contributed by atoms with E-state index in [1.54, 1.807) is 7.11 Å². The van der Waals surface area contributed by atoms with Crippen LogP contribution in [0.1, 0.15) is 44.7 Å². The van der Waals surface area contributed by atoms with E-state index in [4.69, 9.17) is 9.47 Å². The smallest absolute Gasteiger partial charge is 0.221 e. The normalized spacial score (nSPS) is 18.0. The van der Waals surface area contributed by atoms with Crippen molar-refractivity contribution in [1.29, 1.82) is 0 Å². The minimum absolute atomic E-state index is 0.0533. The first-order chi connectivity index (χ1) is 10.6. The number of ether oxygens (including phenoxy) is 2. The molecule has 0 saturated carbocycles. The number of carbonyl (C=O) groups is 1. The summed E-state index contributed by atoms with van der Waals surface area (Å²) in [6.45, 7) is 4.52. The van der Waals surface area contributed by atoms with Gasteiger partial charge in [-0.05, 0) is 50.3 Å². The number of allylic oxidation sites excluding steroid dienone is 2. The van der Waals surface area contributed by atoms with E-state index in [1.807, 2.05) is 32.0 Å². The summed E-state index contributed by atoms with van der Waals surface area (Å²) in [4.78, 5) is 12.1. The van der Waals surface area contributed by atoms with Gasteiger partial charge in [-0.3, -0.25) is 4.79 Å². The fourth-order valence-corrected chi connectivity index (χ4v) is 2.72. The third-order valence-electron chi connectivity index (χ3n) is 3.92. The van der Waals surface area contributed by atoms with Crippen molar-refractivity contribution >= 4 is 5.91 Å². The molecule has 0 heterocycles. The summed E-state index contributed by atoms with van der Waals surface area (Å²) in [6.07, 6.45) is 7.03. The number of hydrogen-bond acceptors (Lipinski definition) is 3. The Balaban J connectivity index is 1.97. The molecular formula is C18H25NO3. The Labute approximate surface area is 132 Å². The van der Waals surface area contributed by atoms with Crippen LogP contribution in [0, 0.1) is 5.92 Å². The molecule has 0 unspecified atom stereocenters. The number of nitrogens with one attached hydrogen (secondary N) is 1. The summed E-state index contributed by atoms with van der Waals surface area (Å²) in [6, 6.07) is 5.72. The molecule has 1 N–H and O–H groups in total. The molecule has 0 aliphatic heterocycles. The molecule has 0 aromatic heterocycles. The van der Waals surface area contributed by atoms with E-state index < -0.39 is 0 Å². The molecule has 4 nitrogen and oxygen atoms in total. The fourth-order valence-electron chi connectivity index (χ4n) is 2.72. The second-order valence-corrected chi connectivity index (χ2v) is 5.60. The van der Waals surface area contributed by atoms with Gasteiger partial charge in [-0.25, -0.2) is 0 Å².